The number of aromatic nitrogens is 1. The first kappa shape index (κ1) is 15.6. The first-order chi connectivity index (χ1) is 9.66. The molecule has 0 aromatic carbocycles. The molecule has 1 rings (SSSR count). The highest BCUT2D eigenvalue weighted by Crippen LogP contribution is 2.29. The lowest BCUT2D eigenvalue weighted by Crippen LogP contribution is -1.91. The van der Waals surface area contributed by atoms with E-state index in [2.05, 4.69) is 42.3 Å². The third-order valence-electron chi connectivity index (χ3n) is 2.61. The molecule has 0 atom stereocenters. The molecule has 0 aliphatic carbocycles. The number of rotatable bonds is 6. The molecule has 102 valence electrons. The van der Waals surface area contributed by atoms with Crippen LogP contribution >= 0.6 is 12.8 Å². The summed E-state index contributed by atoms with van der Waals surface area (Å²) in [5, 5.41) is 8.98. The molecule has 0 saturated carbocycles. The van der Waals surface area contributed by atoms with Gasteiger partial charge in [0, 0.05) is 5.57 Å². The van der Waals surface area contributed by atoms with E-state index >= 15 is 0 Å². The van der Waals surface area contributed by atoms with Crippen LogP contribution < -0.4 is 4.72 Å². The van der Waals surface area contributed by atoms with Gasteiger partial charge in [-0.1, -0.05) is 56.9 Å². The highest BCUT2D eigenvalue weighted by Gasteiger charge is 2.16. The first-order valence-corrected chi connectivity index (χ1v) is 6.21. The van der Waals surface area contributed by atoms with Crippen LogP contribution in [0.5, 0.6) is 0 Å². The number of nitrogens with zero attached hydrogens (tertiary/aromatic N) is 2. The third-order valence-corrected chi connectivity index (χ3v) is 2.81. The van der Waals surface area contributed by atoms with Crippen molar-refractivity contribution in [2.24, 2.45) is 0 Å². The quantitative estimate of drug-likeness (QED) is 0.611. The SMILES string of the molecule is C=CC(=C/C)/C(C=C)=C(\C=C)c1nc(C#N)c(NS)o1. The zero-order valence-corrected chi connectivity index (χ0v) is 12.1. The van der Waals surface area contributed by atoms with Crippen molar-refractivity contribution in [3.8, 4) is 6.07 Å². The Hall–Kier alpha value is -2.45. The highest BCUT2D eigenvalue weighted by atomic mass is 32.1. The minimum atomic E-state index is 0.124. The summed E-state index contributed by atoms with van der Waals surface area (Å²) in [4.78, 5) is 4.11. The summed E-state index contributed by atoms with van der Waals surface area (Å²) in [7, 11) is 0. The number of nitriles is 1. The van der Waals surface area contributed by atoms with Crippen molar-refractivity contribution in [1.82, 2.24) is 4.98 Å². The lowest BCUT2D eigenvalue weighted by Gasteiger charge is -2.07. The van der Waals surface area contributed by atoms with Gasteiger partial charge >= 0.3 is 0 Å². The predicted octanol–water partition coefficient (Wildman–Crippen LogP) is 4.06. The van der Waals surface area contributed by atoms with Gasteiger partial charge in [-0.15, -0.1) is 0 Å². The maximum absolute atomic E-state index is 8.98. The molecule has 0 aliphatic heterocycles. The lowest BCUT2D eigenvalue weighted by atomic mass is 9.99. The Labute approximate surface area is 124 Å². The molecule has 1 aromatic rings. The summed E-state index contributed by atoms with van der Waals surface area (Å²) >= 11 is 3.87. The van der Waals surface area contributed by atoms with Gasteiger partial charge in [-0.05, 0) is 18.1 Å². The van der Waals surface area contributed by atoms with E-state index in [9.17, 15) is 0 Å². The Kier molecular flexibility index (Phi) is 5.63. The summed E-state index contributed by atoms with van der Waals surface area (Å²) in [5.41, 5.74) is 2.39. The van der Waals surface area contributed by atoms with Crippen molar-refractivity contribution in [3.05, 3.63) is 66.8 Å². The van der Waals surface area contributed by atoms with Gasteiger partial charge in [-0.25, -0.2) is 0 Å². The third kappa shape index (κ3) is 2.92. The molecule has 1 N–H and O–H groups in total. The second-order valence-corrected chi connectivity index (χ2v) is 3.83. The lowest BCUT2D eigenvalue weighted by molar-refractivity contribution is 0.562. The Morgan fingerprint density at radius 3 is 2.40 bits per heavy atom. The average Bonchev–Trinajstić information content (AvgIpc) is 2.90. The maximum atomic E-state index is 8.98. The molecule has 0 radical (unpaired) electrons. The van der Waals surface area contributed by atoms with E-state index in [4.69, 9.17) is 9.68 Å². The van der Waals surface area contributed by atoms with Gasteiger partial charge in [0.05, 0.1) is 0 Å². The van der Waals surface area contributed by atoms with E-state index in [-0.39, 0.29) is 17.5 Å². The number of oxazole rings is 1. The van der Waals surface area contributed by atoms with Gasteiger partial charge in [-0.2, -0.15) is 10.2 Å². The molecular formula is C15H15N3OS. The van der Waals surface area contributed by atoms with Gasteiger partial charge in [0.1, 0.15) is 6.07 Å². The fourth-order valence-corrected chi connectivity index (χ4v) is 1.82. The summed E-state index contributed by atoms with van der Waals surface area (Å²) in [6.07, 6.45) is 6.85. The van der Waals surface area contributed by atoms with Crippen LogP contribution in [-0.4, -0.2) is 4.98 Å². The Bertz CT molecular complexity index is 645. The molecule has 20 heavy (non-hydrogen) atoms. The Morgan fingerprint density at radius 2 is 2.05 bits per heavy atom. The average molecular weight is 285 g/mol. The largest absolute Gasteiger partial charge is 0.418 e. The van der Waals surface area contributed by atoms with Gasteiger partial charge in [0.2, 0.25) is 17.5 Å². The second kappa shape index (κ2) is 7.22. The number of thiol groups is 1. The summed E-state index contributed by atoms with van der Waals surface area (Å²) < 4.78 is 7.96. The molecule has 0 aliphatic rings. The normalized spacial score (nSPS) is 12.2. The Morgan fingerprint density at radius 1 is 1.35 bits per heavy atom. The predicted molar refractivity (Wildman–Crippen MR) is 85.1 cm³/mol. The fourth-order valence-electron chi connectivity index (χ4n) is 1.67. The van der Waals surface area contributed by atoms with Crippen LogP contribution in [0, 0.1) is 11.3 Å². The van der Waals surface area contributed by atoms with E-state index in [0.29, 0.717) is 5.57 Å². The van der Waals surface area contributed by atoms with Crippen molar-refractivity contribution in [2.45, 2.75) is 6.92 Å². The monoisotopic (exact) mass is 285 g/mol. The van der Waals surface area contributed by atoms with Crippen molar-refractivity contribution in [2.75, 3.05) is 4.72 Å². The minimum absolute atomic E-state index is 0.124. The van der Waals surface area contributed by atoms with Crippen molar-refractivity contribution in [3.63, 3.8) is 0 Å². The summed E-state index contributed by atoms with van der Waals surface area (Å²) in [6.45, 7) is 13.2. The van der Waals surface area contributed by atoms with Crippen LogP contribution in [0.4, 0.5) is 5.88 Å². The Balaban J connectivity index is 3.56. The van der Waals surface area contributed by atoms with E-state index in [0.717, 1.165) is 11.1 Å². The summed E-state index contributed by atoms with van der Waals surface area (Å²) in [6, 6.07) is 1.93. The van der Waals surface area contributed by atoms with Gasteiger partial charge in [0.15, 0.2) is 0 Å². The molecule has 0 bridgehead atoms. The zero-order chi connectivity index (χ0) is 15.1. The molecule has 0 spiro atoms. The minimum Gasteiger partial charge on any atom is -0.418 e. The standard InChI is InChI=1S/C15H15N3OS/c1-5-10(6-2)11(7-3)12(8-4)14-17-13(9-16)15(18-20)19-14/h5-8,18,20H,1,3-4H2,2H3/b10-6-,12-11+. The van der Waals surface area contributed by atoms with Gasteiger partial charge in [0.25, 0.3) is 0 Å². The van der Waals surface area contributed by atoms with Crippen molar-refractivity contribution < 1.29 is 4.42 Å². The van der Waals surface area contributed by atoms with Crippen molar-refractivity contribution >= 4 is 24.3 Å². The molecule has 0 amide bonds. The topological polar surface area (TPSA) is 61.9 Å². The van der Waals surface area contributed by atoms with Crippen LogP contribution in [0.3, 0.4) is 0 Å². The number of allylic oxidation sites excluding steroid dienone is 7. The van der Waals surface area contributed by atoms with Crippen LogP contribution in [0.2, 0.25) is 0 Å². The molecule has 5 heteroatoms. The van der Waals surface area contributed by atoms with Crippen molar-refractivity contribution in [1.29, 1.82) is 5.26 Å². The highest BCUT2D eigenvalue weighted by molar-refractivity contribution is 7.81. The molecule has 0 saturated heterocycles. The molecule has 0 unspecified atom stereocenters. The van der Waals surface area contributed by atoms with E-state index in [1.165, 1.54) is 0 Å². The molecule has 0 fully saturated rings. The van der Waals surface area contributed by atoms with Crippen LogP contribution in [0.15, 0.2) is 59.6 Å². The molecule has 4 nitrogen and oxygen atoms in total. The van der Waals surface area contributed by atoms with Gasteiger partial charge < -0.3 is 9.14 Å². The van der Waals surface area contributed by atoms with E-state index in [1.807, 2.05) is 19.1 Å². The molecule has 1 heterocycles. The number of hydrogen-bond donors (Lipinski definition) is 2. The first-order valence-electron chi connectivity index (χ1n) is 5.76. The number of nitrogens with one attached hydrogen (secondary N) is 1. The van der Waals surface area contributed by atoms with Crippen LogP contribution in [0.1, 0.15) is 18.5 Å². The summed E-state index contributed by atoms with van der Waals surface area (Å²) in [5.74, 6) is 0.457. The smallest absolute Gasteiger partial charge is 0.242 e. The molecular weight excluding hydrogens is 270 g/mol. The van der Waals surface area contributed by atoms with Gasteiger partial charge in [-0.3, -0.25) is 0 Å². The van der Waals surface area contributed by atoms with E-state index in [1.54, 1.807) is 18.2 Å². The second-order valence-electron chi connectivity index (χ2n) is 3.60. The maximum Gasteiger partial charge on any atom is 0.242 e. The van der Waals surface area contributed by atoms with Crippen LogP contribution in [-0.2, 0) is 0 Å². The van der Waals surface area contributed by atoms with E-state index < -0.39 is 0 Å². The number of anilines is 1. The zero-order valence-electron chi connectivity index (χ0n) is 11.2. The number of hydrogen-bond acceptors (Lipinski definition) is 5. The fraction of sp³-hybridized carbons (Fsp3) is 0.0667. The molecule has 1 aromatic heterocycles. The van der Waals surface area contributed by atoms with Crippen LogP contribution in [0.25, 0.3) is 5.57 Å².